The molecule has 0 saturated carbocycles. The lowest BCUT2D eigenvalue weighted by molar-refractivity contribution is -0.946. The molecule has 372 valence electrons. The average Bonchev–Trinajstić information content (AvgIpc) is 2.98. The molecular weight excluding hydrogens is 732 g/mol. The molecule has 1 aliphatic rings. The van der Waals surface area contributed by atoms with E-state index in [0.717, 1.165) is 12.3 Å². The summed E-state index contributed by atoms with van der Waals surface area (Å²) in [6, 6.07) is 0. The van der Waals surface area contributed by atoms with Crippen LogP contribution in [0.3, 0.4) is 0 Å². The zero-order chi connectivity index (χ0) is 39.8. The summed E-state index contributed by atoms with van der Waals surface area (Å²) in [6.45, 7) is 46.0. The fourth-order valence-electron chi connectivity index (χ4n) is 3.88. The molecule has 1 rings (SSSR count). The molecule has 2 nitrogen and oxygen atoms in total. The van der Waals surface area contributed by atoms with Crippen molar-refractivity contribution in [2.24, 2.45) is 11.3 Å². The zero-order valence-electron chi connectivity index (χ0n) is 38.7. The van der Waals surface area contributed by atoms with E-state index in [1.165, 1.54) is 145 Å². The number of hydrogen-bond acceptors (Lipinski definition) is 2. The first kappa shape index (κ1) is 102. The Bertz CT molecular complexity index is 448. The fraction of sp³-hybridized carbons (Fsp3) is 1.00. The lowest BCUT2D eigenvalue weighted by Gasteiger charge is -2.41. The molecule has 0 bridgehead atoms. The summed E-state index contributed by atoms with van der Waals surface area (Å²) in [7, 11) is 2.35. The van der Waals surface area contributed by atoms with Crippen LogP contribution >= 0.6 is 23.4 Å². The van der Waals surface area contributed by atoms with Crippen molar-refractivity contribution in [3.8, 4) is 0 Å². The summed E-state index contributed by atoms with van der Waals surface area (Å²) in [5.41, 5.74) is 0.500. The van der Waals surface area contributed by atoms with Gasteiger partial charge in [-0.15, -0.1) is 11.6 Å². The maximum Gasteiger partial charge on any atom is 0.0839 e. The Morgan fingerprint density at radius 1 is 0.526 bits per heavy atom. The number of quaternary nitrogens is 1. The second kappa shape index (κ2) is 92.0. The lowest BCUT2D eigenvalue weighted by Crippen LogP contribution is -2.54. The molecule has 0 aromatic rings. The van der Waals surface area contributed by atoms with Crippen molar-refractivity contribution in [3.05, 3.63) is 0 Å². The number of thioether (sulfide) groups is 1. The molecule has 1 heterocycles. The standard InChI is InChI=1S/C10H22.C7H16N.C6H15N.C6H14S.C5H11Cl.C5H12.2C3H8.8CH4/c1-4-5-6-7-8-9-10(2)3;1-3-5-8(2)6-4-7-8;2*1-3-5-7-6-4-2;1-3-4-5(2)6;1-5(2,3)4;2*1-3-2;;;;;;;;/h10H,4-9H2,1-3H3;3-7H2,1-2H3;7H,3-6H2,1-2H3;3-6H2,1-2H3;5H,3-4H2,1-2H3;1-4H3;2*3H2,1-2H3;8*1H4/q;+1;;;;;;;;;;;;;;. The minimum Gasteiger partial charge on any atom is -0.326 e. The Morgan fingerprint density at radius 3 is 1.05 bits per heavy atom. The van der Waals surface area contributed by atoms with Gasteiger partial charge in [0, 0.05) is 11.8 Å². The number of nitrogens with zero attached hydrogens (tertiary/aromatic N) is 1. The van der Waals surface area contributed by atoms with Crippen molar-refractivity contribution in [3.63, 3.8) is 0 Å². The number of unbranched alkanes of at least 4 members (excludes halogenated alkanes) is 4. The molecule has 0 radical (unpaired) electrons. The third-order valence-corrected chi connectivity index (χ3v) is 7.89. The topological polar surface area (TPSA) is 12.0 Å². The first-order valence-electron chi connectivity index (χ1n) is 21.7. The summed E-state index contributed by atoms with van der Waals surface area (Å²) < 4.78 is 1.34. The number of alkyl halides is 1. The van der Waals surface area contributed by atoms with Gasteiger partial charge in [0.15, 0.2) is 0 Å². The quantitative estimate of drug-likeness (QED) is 0.0837. The van der Waals surface area contributed by atoms with E-state index in [0.29, 0.717) is 10.8 Å². The first-order valence-corrected chi connectivity index (χ1v) is 23.3. The van der Waals surface area contributed by atoms with Gasteiger partial charge in [-0.3, -0.25) is 0 Å². The highest BCUT2D eigenvalue weighted by Crippen LogP contribution is 2.16. The SMILES string of the molecule is C.C.C.C.C.C.C.C.CC(C)(C)C.CCC.CCC.CCCC(C)Cl.CCCCCCCC(C)C.CCCNCCC.CCCSCCC.CCC[N+]1(C)CCC1. The molecule has 1 atom stereocenters. The molecule has 0 aliphatic carbocycles. The largest absolute Gasteiger partial charge is 0.326 e. The van der Waals surface area contributed by atoms with E-state index in [1.807, 2.05) is 6.92 Å². The third kappa shape index (κ3) is 180. The van der Waals surface area contributed by atoms with Gasteiger partial charge in [0.25, 0.3) is 0 Å². The molecule has 1 unspecified atom stereocenters. The molecule has 0 spiro atoms. The van der Waals surface area contributed by atoms with E-state index in [9.17, 15) is 0 Å². The molecule has 0 aromatic heterocycles. The Labute approximate surface area is 386 Å². The van der Waals surface area contributed by atoms with E-state index in [2.05, 4.69) is 142 Å². The van der Waals surface area contributed by atoms with E-state index in [4.69, 9.17) is 11.6 Å². The van der Waals surface area contributed by atoms with Gasteiger partial charge in [0.2, 0.25) is 0 Å². The summed E-state index contributed by atoms with van der Waals surface area (Å²) in [6.07, 6.45) is 21.3. The van der Waals surface area contributed by atoms with Gasteiger partial charge in [-0.1, -0.05) is 235 Å². The number of halogens is 1. The highest BCUT2D eigenvalue weighted by Gasteiger charge is 2.28. The fourth-order valence-corrected chi connectivity index (χ4v) is 4.88. The van der Waals surface area contributed by atoms with Gasteiger partial charge >= 0.3 is 0 Å². The van der Waals surface area contributed by atoms with E-state index in [-0.39, 0.29) is 59.4 Å². The van der Waals surface area contributed by atoms with Crippen LogP contribution in [0.4, 0.5) is 0 Å². The van der Waals surface area contributed by atoms with Crippen LogP contribution in [0.5, 0.6) is 0 Å². The van der Waals surface area contributed by atoms with Gasteiger partial charge in [-0.2, -0.15) is 11.8 Å². The maximum atomic E-state index is 5.58. The van der Waals surface area contributed by atoms with Crippen molar-refractivity contribution >= 4 is 23.4 Å². The van der Waals surface area contributed by atoms with Gasteiger partial charge in [-0.25, -0.2) is 0 Å². The molecule has 1 fully saturated rings. The van der Waals surface area contributed by atoms with Crippen molar-refractivity contribution in [2.75, 3.05) is 51.3 Å². The summed E-state index contributed by atoms with van der Waals surface area (Å²) in [4.78, 5) is 0. The van der Waals surface area contributed by atoms with Gasteiger partial charge < -0.3 is 9.80 Å². The van der Waals surface area contributed by atoms with Gasteiger partial charge in [-0.05, 0) is 81.4 Å². The van der Waals surface area contributed by atoms with Crippen molar-refractivity contribution < 1.29 is 4.48 Å². The molecule has 1 aliphatic heterocycles. The highest BCUT2D eigenvalue weighted by atomic mass is 35.5. The maximum absolute atomic E-state index is 5.58. The molecule has 1 N–H and O–H groups in total. The second-order valence-corrected chi connectivity index (χ2v) is 18.1. The highest BCUT2D eigenvalue weighted by molar-refractivity contribution is 7.99. The van der Waals surface area contributed by atoms with Gasteiger partial charge in [0.05, 0.1) is 26.7 Å². The van der Waals surface area contributed by atoms with E-state index in [1.54, 1.807) is 0 Å². The summed E-state index contributed by atoms with van der Waals surface area (Å²) in [5, 5.41) is 3.66. The minimum absolute atomic E-state index is 0. The second-order valence-electron chi connectivity index (χ2n) is 16.1. The van der Waals surface area contributed by atoms with Crippen molar-refractivity contribution in [1.29, 1.82) is 0 Å². The zero-order valence-corrected chi connectivity index (χ0v) is 40.2. The molecule has 4 heteroatoms. The number of likely N-dealkylation sites (tertiary alicyclic amines) is 1. The minimum atomic E-state index is 0. The monoisotopic (exact) mass is 870 g/mol. The van der Waals surface area contributed by atoms with Gasteiger partial charge in [0.1, 0.15) is 0 Å². The Hall–Kier alpha value is 0.560. The van der Waals surface area contributed by atoms with Crippen LogP contribution in [0.1, 0.15) is 287 Å². The van der Waals surface area contributed by atoms with Crippen LogP contribution in [0.25, 0.3) is 0 Å². The number of rotatable bonds is 18. The Morgan fingerprint density at radius 2 is 0.877 bits per heavy atom. The molecule has 0 aromatic carbocycles. The van der Waals surface area contributed by atoms with Crippen LogP contribution in [0.15, 0.2) is 0 Å². The van der Waals surface area contributed by atoms with Crippen LogP contribution in [0.2, 0.25) is 0 Å². The predicted octanol–water partition coefficient (Wildman–Crippen LogP) is 21.6. The lowest BCUT2D eigenvalue weighted by atomic mass is 10.0. The number of nitrogens with one attached hydrogen (secondary N) is 1. The third-order valence-electron chi connectivity index (χ3n) is 6.28. The molecule has 57 heavy (non-hydrogen) atoms. The normalized spacial score (nSPS) is 10.9. The summed E-state index contributed by atoms with van der Waals surface area (Å²) >= 11 is 7.63. The van der Waals surface area contributed by atoms with Crippen LogP contribution in [-0.4, -0.2) is 61.1 Å². The van der Waals surface area contributed by atoms with Crippen molar-refractivity contribution in [1.82, 2.24) is 5.32 Å². The predicted molar refractivity (Wildman–Crippen MR) is 296 cm³/mol. The van der Waals surface area contributed by atoms with Crippen LogP contribution in [0, 0.1) is 11.3 Å². The average molecular weight is 871 g/mol. The van der Waals surface area contributed by atoms with E-state index < -0.39 is 0 Å². The first-order chi connectivity index (χ1) is 23.0. The summed E-state index contributed by atoms with van der Waals surface area (Å²) in [5.74, 6) is 3.59. The molecular formula is C53H138ClN2S+. The molecule has 1 saturated heterocycles. The van der Waals surface area contributed by atoms with Crippen LogP contribution < -0.4 is 5.32 Å². The number of hydrogen-bond donors (Lipinski definition) is 1. The Balaban J connectivity index is -0.0000000273. The van der Waals surface area contributed by atoms with Crippen LogP contribution in [-0.2, 0) is 0 Å². The Kier molecular flexibility index (Phi) is 164. The smallest absolute Gasteiger partial charge is 0.0839 e. The van der Waals surface area contributed by atoms with Crippen molar-refractivity contribution in [2.45, 2.75) is 292 Å². The van der Waals surface area contributed by atoms with E-state index >= 15 is 0 Å². The molecule has 0 amide bonds.